The molecule has 0 atom stereocenters. The van der Waals surface area contributed by atoms with E-state index in [1.807, 2.05) is 24.4 Å². The predicted octanol–water partition coefficient (Wildman–Crippen LogP) is 5.23. The van der Waals surface area contributed by atoms with Gasteiger partial charge in [0.05, 0.1) is 10.7 Å². The second-order valence-electron chi connectivity index (χ2n) is 4.14. The van der Waals surface area contributed by atoms with Crippen LogP contribution in [0.5, 0.6) is 0 Å². The molecule has 0 aliphatic rings. The number of benzene rings is 2. The Bertz CT molecular complexity index is 760. The molecule has 19 heavy (non-hydrogen) atoms. The Kier molecular flexibility index (Phi) is 3.28. The van der Waals surface area contributed by atoms with Gasteiger partial charge in [-0.3, -0.25) is 4.99 Å². The van der Waals surface area contributed by atoms with E-state index in [-0.39, 0.29) is 0 Å². The molecule has 1 N–H and O–H groups in total. The molecule has 0 bridgehead atoms. The molecule has 3 aromatic rings. The zero-order chi connectivity index (χ0) is 13.2. The van der Waals surface area contributed by atoms with Crippen molar-refractivity contribution in [1.29, 1.82) is 0 Å². The zero-order valence-corrected chi connectivity index (χ0v) is 11.4. The average Bonchev–Trinajstić information content (AvgIpc) is 2.81. The van der Waals surface area contributed by atoms with E-state index in [1.54, 1.807) is 24.4 Å². The zero-order valence-electron chi connectivity index (χ0n) is 9.90. The van der Waals surface area contributed by atoms with Crippen LogP contribution in [0.25, 0.3) is 10.9 Å². The molecule has 0 unspecified atom stereocenters. The summed E-state index contributed by atoms with van der Waals surface area (Å²) in [5.41, 5.74) is 2.82. The van der Waals surface area contributed by atoms with Crippen LogP contribution in [-0.4, -0.2) is 11.2 Å². The van der Waals surface area contributed by atoms with Gasteiger partial charge in [0, 0.05) is 33.9 Å². The topological polar surface area (TPSA) is 28.1 Å². The molecular formula is C15H10Cl2N2. The fourth-order valence-corrected chi connectivity index (χ4v) is 2.38. The van der Waals surface area contributed by atoms with Crippen molar-refractivity contribution in [3.05, 3.63) is 64.3 Å². The SMILES string of the molecule is Clc1ccc(N=Cc2c[nH]c3ccccc23)c(Cl)c1. The van der Waals surface area contributed by atoms with Gasteiger partial charge in [-0.25, -0.2) is 0 Å². The van der Waals surface area contributed by atoms with Crippen LogP contribution in [-0.2, 0) is 0 Å². The molecule has 0 saturated carbocycles. The number of para-hydroxylation sites is 1. The molecule has 0 aliphatic carbocycles. The highest BCUT2D eigenvalue weighted by molar-refractivity contribution is 6.36. The monoisotopic (exact) mass is 288 g/mol. The maximum absolute atomic E-state index is 6.08. The highest BCUT2D eigenvalue weighted by Gasteiger charge is 2.01. The van der Waals surface area contributed by atoms with Crippen LogP contribution in [0.2, 0.25) is 10.0 Å². The number of aromatic amines is 1. The third-order valence-electron chi connectivity index (χ3n) is 2.87. The first kappa shape index (κ1) is 12.3. The van der Waals surface area contributed by atoms with Gasteiger partial charge in [0.15, 0.2) is 0 Å². The van der Waals surface area contributed by atoms with Crippen LogP contribution in [0.15, 0.2) is 53.7 Å². The van der Waals surface area contributed by atoms with Crippen molar-refractivity contribution in [3.8, 4) is 0 Å². The van der Waals surface area contributed by atoms with Gasteiger partial charge in [0.1, 0.15) is 0 Å². The Morgan fingerprint density at radius 2 is 1.89 bits per heavy atom. The normalized spacial score (nSPS) is 11.5. The van der Waals surface area contributed by atoms with Crippen LogP contribution < -0.4 is 0 Å². The second kappa shape index (κ2) is 5.08. The number of nitrogens with one attached hydrogen (secondary N) is 1. The molecular weight excluding hydrogens is 279 g/mol. The summed E-state index contributed by atoms with van der Waals surface area (Å²) in [6.45, 7) is 0. The van der Waals surface area contributed by atoms with E-state index in [9.17, 15) is 0 Å². The predicted molar refractivity (Wildman–Crippen MR) is 82.0 cm³/mol. The summed E-state index contributed by atoms with van der Waals surface area (Å²) in [5, 5.41) is 2.29. The van der Waals surface area contributed by atoms with Gasteiger partial charge in [0.25, 0.3) is 0 Å². The molecule has 0 amide bonds. The number of rotatable bonds is 2. The number of fused-ring (bicyclic) bond motifs is 1. The Labute approximate surface area is 120 Å². The third kappa shape index (κ3) is 2.50. The van der Waals surface area contributed by atoms with Crippen molar-refractivity contribution in [2.45, 2.75) is 0 Å². The molecule has 4 heteroatoms. The minimum atomic E-state index is 0.545. The van der Waals surface area contributed by atoms with Crippen LogP contribution in [0.4, 0.5) is 5.69 Å². The maximum Gasteiger partial charge on any atom is 0.0817 e. The fourth-order valence-electron chi connectivity index (χ4n) is 1.93. The number of hydrogen-bond acceptors (Lipinski definition) is 1. The highest BCUT2D eigenvalue weighted by atomic mass is 35.5. The first-order chi connectivity index (χ1) is 9.24. The highest BCUT2D eigenvalue weighted by Crippen LogP contribution is 2.28. The summed E-state index contributed by atoms with van der Waals surface area (Å²) in [4.78, 5) is 7.61. The van der Waals surface area contributed by atoms with Crippen molar-refractivity contribution >= 4 is 46.0 Å². The van der Waals surface area contributed by atoms with E-state index in [0.717, 1.165) is 16.5 Å². The van der Waals surface area contributed by atoms with Crippen molar-refractivity contribution in [2.24, 2.45) is 4.99 Å². The summed E-state index contributed by atoms with van der Waals surface area (Å²) in [5.74, 6) is 0. The molecule has 2 nitrogen and oxygen atoms in total. The Morgan fingerprint density at radius 3 is 2.74 bits per heavy atom. The third-order valence-corrected chi connectivity index (χ3v) is 3.41. The lowest BCUT2D eigenvalue weighted by Crippen LogP contribution is -1.77. The van der Waals surface area contributed by atoms with Gasteiger partial charge in [0.2, 0.25) is 0 Å². The quantitative estimate of drug-likeness (QED) is 0.626. The molecule has 0 fully saturated rings. The number of halogens is 2. The lowest BCUT2D eigenvalue weighted by atomic mass is 10.2. The lowest BCUT2D eigenvalue weighted by molar-refractivity contribution is 1.47. The van der Waals surface area contributed by atoms with E-state index in [2.05, 4.69) is 16.0 Å². The fraction of sp³-hybridized carbons (Fsp3) is 0. The number of nitrogens with zero attached hydrogens (tertiary/aromatic N) is 1. The van der Waals surface area contributed by atoms with Crippen LogP contribution in [0, 0.1) is 0 Å². The van der Waals surface area contributed by atoms with E-state index in [4.69, 9.17) is 23.2 Å². The summed E-state index contributed by atoms with van der Waals surface area (Å²) < 4.78 is 0. The van der Waals surface area contributed by atoms with Crippen LogP contribution in [0.1, 0.15) is 5.56 Å². The number of hydrogen-bond donors (Lipinski definition) is 1. The van der Waals surface area contributed by atoms with Gasteiger partial charge in [-0.2, -0.15) is 0 Å². The Balaban J connectivity index is 1.98. The van der Waals surface area contributed by atoms with E-state index >= 15 is 0 Å². The van der Waals surface area contributed by atoms with Crippen molar-refractivity contribution in [1.82, 2.24) is 4.98 Å². The van der Waals surface area contributed by atoms with Gasteiger partial charge < -0.3 is 4.98 Å². The molecule has 1 heterocycles. The first-order valence-electron chi connectivity index (χ1n) is 5.79. The molecule has 3 rings (SSSR count). The minimum Gasteiger partial charge on any atom is -0.361 e. The minimum absolute atomic E-state index is 0.545. The second-order valence-corrected chi connectivity index (χ2v) is 4.99. The van der Waals surface area contributed by atoms with Gasteiger partial charge >= 0.3 is 0 Å². The molecule has 0 aliphatic heterocycles. The molecule has 94 valence electrons. The van der Waals surface area contributed by atoms with E-state index in [1.165, 1.54) is 0 Å². The van der Waals surface area contributed by atoms with E-state index in [0.29, 0.717) is 15.7 Å². The summed E-state index contributed by atoms with van der Waals surface area (Å²) >= 11 is 11.9. The number of aromatic nitrogens is 1. The average molecular weight is 289 g/mol. The number of H-pyrrole nitrogens is 1. The maximum atomic E-state index is 6.08. The molecule has 1 aromatic heterocycles. The Hall–Kier alpha value is -1.77. The van der Waals surface area contributed by atoms with Gasteiger partial charge in [-0.1, -0.05) is 41.4 Å². The molecule has 0 spiro atoms. The van der Waals surface area contributed by atoms with Gasteiger partial charge in [-0.15, -0.1) is 0 Å². The van der Waals surface area contributed by atoms with Crippen LogP contribution >= 0.6 is 23.2 Å². The molecule has 0 radical (unpaired) electrons. The standard InChI is InChI=1S/C15H10Cl2N2/c16-11-5-6-15(13(17)7-11)19-9-10-8-18-14-4-2-1-3-12(10)14/h1-9,18H. The smallest absolute Gasteiger partial charge is 0.0817 e. The molecule has 0 saturated heterocycles. The number of aliphatic imine (C=N–C) groups is 1. The van der Waals surface area contributed by atoms with Crippen molar-refractivity contribution in [2.75, 3.05) is 0 Å². The molecule has 2 aromatic carbocycles. The summed E-state index contributed by atoms with van der Waals surface area (Å²) in [6.07, 6.45) is 3.73. The first-order valence-corrected chi connectivity index (χ1v) is 6.55. The van der Waals surface area contributed by atoms with E-state index < -0.39 is 0 Å². The van der Waals surface area contributed by atoms with Gasteiger partial charge in [-0.05, 0) is 24.3 Å². The van der Waals surface area contributed by atoms with Crippen molar-refractivity contribution in [3.63, 3.8) is 0 Å². The van der Waals surface area contributed by atoms with Crippen LogP contribution in [0.3, 0.4) is 0 Å². The summed E-state index contributed by atoms with van der Waals surface area (Å²) in [6, 6.07) is 13.3. The van der Waals surface area contributed by atoms with Crippen molar-refractivity contribution < 1.29 is 0 Å². The lowest BCUT2D eigenvalue weighted by Gasteiger charge is -1.98. The Morgan fingerprint density at radius 1 is 1.05 bits per heavy atom. The summed E-state index contributed by atoms with van der Waals surface area (Å²) in [7, 11) is 0. The largest absolute Gasteiger partial charge is 0.361 e.